The van der Waals surface area contributed by atoms with Gasteiger partial charge in [0.05, 0.1) is 11.1 Å². The molecular weight excluding hydrogens is 275 g/mol. The first-order chi connectivity index (χ1) is 10.00. The number of hydrogen-bond acceptors (Lipinski definition) is 3. The summed E-state index contributed by atoms with van der Waals surface area (Å²) in [6.07, 6.45) is 4.24. The summed E-state index contributed by atoms with van der Waals surface area (Å²) in [4.78, 5) is 23.6. The molecule has 1 aromatic rings. The molecule has 0 aromatic heterocycles. The average molecular weight is 294 g/mol. The molecule has 0 aliphatic heterocycles. The average Bonchev–Trinajstić information content (AvgIpc) is 2.47. The molecule has 1 saturated carbocycles. The highest BCUT2D eigenvalue weighted by Gasteiger charge is 2.38. The molecule has 6 heteroatoms. The van der Waals surface area contributed by atoms with Gasteiger partial charge in [-0.1, -0.05) is 25.3 Å². The van der Waals surface area contributed by atoms with Crippen molar-refractivity contribution in [3.8, 4) is 0 Å². The molecule has 4 N–H and O–H groups in total. The maximum Gasteiger partial charge on any atom is 0.340 e. The summed E-state index contributed by atoms with van der Waals surface area (Å²) < 4.78 is 13.6. The summed E-state index contributed by atoms with van der Waals surface area (Å²) in [6.45, 7) is 0.205. The Balaban J connectivity index is 2.27. The largest absolute Gasteiger partial charge is 0.478 e. The van der Waals surface area contributed by atoms with Gasteiger partial charge in [-0.15, -0.1) is 0 Å². The third-order valence-electron chi connectivity index (χ3n) is 4.16. The van der Waals surface area contributed by atoms with E-state index < -0.39 is 22.8 Å². The van der Waals surface area contributed by atoms with Crippen molar-refractivity contribution in [2.75, 3.05) is 11.9 Å². The van der Waals surface area contributed by atoms with Crippen molar-refractivity contribution >= 4 is 17.6 Å². The van der Waals surface area contributed by atoms with E-state index in [1.54, 1.807) is 0 Å². The number of amides is 1. The van der Waals surface area contributed by atoms with Crippen LogP contribution in [0, 0.1) is 11.2 Å². The number of carboxylic acids is 1. The van der Waals surface area contributed by atoms with E-state index >= 15 is 0 Å². The van der Waals surface area contributed by atoms with Crippen LogP contribution in [0.2, 0.25) is 0 Å². The van der Waals surface area contributed by atoms with Gasteiger partial charge in [0.1, 0.15) is 11.4 Å². The van der Waals surface area contributed by atoms with Crippen molar-refractivity contribution < 1.29 is 19.1 Å². The molecule has 5 nitrogen and oxygen atoms in total. The van der Waals surface area contributed by atoms with Gasteiger partial charge in [-0.05, 0) is 25.0 Å². The summed E-state index contributed by atoms with van der Waals surface area (Å²) in [6, 6.07) is 3.81. The highest BCUT2D eigenvalue weighted by atomic mass is 19.1. The third-order valence-corrected chi connectivity index (χ3v) is 4.16. The van der Waals surface area contributed by atoms with Crippen LogP contribution in [-0.2, 0) is 4.79 Å². The van der Waals surface area contributed by atoms with Crippen molar-refractivity contribution in [2.24, 2.45) is 11.1 Å². The zero-order valence-corrected chi connectivity index (χ0v) is 11.7. The van der Waals surface area contributed by atoms with Crippen molar-refractivity contribution in [1.29, 1.82) is 0 Å². The van der Waals surface area contributed by atoms with E-state index in [2.05, 4.69) is 5.32 Å². The van der Waals surface area contributed by atoms with Gasteiger partial charge in [0.2, 0.25) is 5.91 Å². The van der Waals surface area contributed by atoms with E-state index in [9.17, 15) is 14.0 Å². The number of aromatic carboxylic acids is 1. The van der Waals surface area contributed by atoms with E-state index in [0.717, 1.165) is 25.3 Å². The second-order valence-electron chi connectivity index (χ2n) is 5.47. The second-order valence-corrected chi connectivity index (χ2v) is 5.47. The van der Waals surface area contributed by atoms with Crippen LogP contribution in [0.4, 0.5) is 10.1 Å². The van der Waals surface area contributed by atoms with Gasteiger partial charge >= 0.3 is 5.97 Å². The number of benzene rings is 1. The van der Waals surface area contributed by atoms with E-state index in [1.807, 2.05) is 0 Å². The molecule has 1 amide bonds. The summed E-state index contributed by atoms with van der Waals surface area (Å²) in [5.41, 5.74) is 4.55. The Kier molecular flexibility index (Phi) is 4.57. The number of nitrogens with two attached hydrogens (primary N) is 1. The molecule has 2 rings (SSSR count). The minimum absolute atomic E-state index is 0.0223. The van der Waals surface area contributed by atoms with Crippen molar-refractivity contribution in [2.45, 2.75) is 32.1 Å². The van der Waals surface area contributed by atoms with Crippen LogP contribution in [0.15, 0.2) is 18.2 Å². The van der Waals surface area contributed by atoms with Crippen LogP contribution in [0.25, 0.3) is 0 Å². The minimum atomic E-state index is -1.41. The Labute approximate surface area is 122 Å². The third kappa shape index (κ3) is 3.05. The first kappa shape index (κ1) is 15.4. The monoisotopic (exact) mass is 294 g/mol. The zero-order valence-electron chi connectivity index (χ0n) is 11.7. The maximum absolute atomic E-state index is 13.6. The molecule has 114 valence electrons. The lowest BCUT2D eigenvalue weighted by Crippen LogP contribution is -2.44. The van der Waals surface area contributed by atoms with Crippen LogP contribution in [0.3, 0.4) is 0 Å². The molecule has 1 aliphatic carbocycles. The fourth-order valence-electron chi connectivity index (χ4n) is 2.85. The summed E-state index contributed by atoms with van der Waals surface area (Å²) in [5.74, 6) is -2.60. The number of halogens is 1. The second kappa shape index (κ2) is 6.22. The Morgan fingerprint density at radius 1 is 1.29 bits per heavy atom. The fourth-order valence-corrected chi connectivity index (χ4v) is 2.85. The lowest BCUT2D eigenvalue weighted by atomic mass is 9.73. The van der Waals surface area contributed by atoms with E-state index in [0.29, 0.717) is 12.8 Å². The molecule has 0 atom stereocenters. The van der Waals surface area contributed by atoms with Gasteiger partial charge in [0.25, 0.3) is 0 Å². The Morgan fingerprint density at radius 3 is 2.52 bits per heavy atom. The van der Waals surface area contributed by atoms with Crippen LogP contribution in [0.5, 0.6) is 0 Å². The highest BCUT2D eigenvalue weighted by molar-refractivity contribution is 6.02. The van der Waals surface area contributed by atoms with Crippen LogP contribution in [-0.4, -0.2) is 23.5 Å². The van der Waals surface area contributed by atoms with Crippen molar-refractivity contribution in [1.82, 2.24) is 0 Å². The van der Waals surface area contributed by atoms with Crippen LogP contribution >= 0.6 is 0 Å². The van der Waals surface area contributed by atoms with Crippen LogP contribution in [0.1, 0.15) is 42.5 Å². The minimum Gasteiger partial charge on any atom is -0.478 e. The fraction of sp³-hybridized carbons (Fsp3) is 0.467. The summed E-state index contributed by atoms with van der Waals surface area (Å²) in [7, 11) is 0. The number of carbonyl (C=O) groups is 2. The van der Waals surface area contributed by atoms with Crippen molar-refractivity contribution in [3.05, 3.63) is 29.6 Å². The highest BCUT2D eigenvalue weighted by Crippen LogP contribution is 2.36. The summed E-state index contributed by atoms with van der Waals surface area (Å²) >= 11 is 0. The molecule has 0 heterocycles. The Bertz CT molecular complexity index is 554. The first-order valence-corrected chi connectivity index (χ1v) is 7.03. The normalized spacial score (nSPS) is 17.2. The number of carboxylic acid groups (broad SMARTS) is 1. The Morgan fingerprint density at radius 2 is 1.95 bits per heavy atom. The van der Waals surface area contributed by atoms with Gasteiger partial charge < -0.3 is 16.2 Å². The topological polar surface area (TPSA) is 92.4 Å². The SMILES string of the molecule is NCC1(C(=O)Nc2cccc(F)c2C(=O)O)CCCCC1. The van der Waals surface area contributed by atoms with Crippen molar-refractivity contribution in [3.63, 3.8) is 0 Å². The molecule has 1 aromatic carbocycles. The number of rotatable bonds is 4. The van der Waals surface area contributed by atoms with Crippen LogP contribution < -0.4 is 11.1 Å². The quantitative estimate of drug-likeness (QED) is 0.795. The van der Waals surface area contributed by atoms with Gasteiger partial charge in [0.15, 0.2) is 0 Å². The molecular formula is C15H19FN2O3. The smallest absolute Gasteiger partial charge is 0.340 e. The molecule has 0 spiro atoms. The van der Waals surface area contributed by atoms with Gasteiger partial charge in [-0.2, -0.15) is 0 Å². The maximum atomic E-state index is 13.6. The molecule has 0 radical (unpaired) electrons. The standard InChI is InChI=1S/C15H19FN2O3/c16-10-5-4-6-11(12(10)13(19)20)18-14(21)15(9-17)7-2-1-3-8-15/h4-6H,1-3,7-9,17H2,(H,18,21)(H,19,20). The molecule has 0 unspecified atom stereocenters. The molecule has 1 aliphatic rings. The number of anilines is 1. The molecule has 1 fully saturated rings. The van der Waals surface area contributed by atoms with Gasteiger partial charge in [-0.3, -0.25) is 4.79 Å². The van der Waals surface area contributed by atoms with E-state index in [1.165, 1.54) is 12.1 Å². The molecule has 0 bridgehead atoms. The van der Waals surface area contributed by atoms with Gasteiger partial charge in [-0.25, -0.2) is 9.18 Å². The number of hydrogen-bond donors (Lipinski definition) is 3. The number of carbonyl (C=O) groups excluding carboxylic acids is 1. The molecule has 21 heavy (non-hydrogen) atoms. The lowest BCUT2D eigenvalue weighted by Gasteiger charge is -2.34. The van der Waals surface area contributed by atoms with E-state index in [4.69, 9.17) is 10.8 Å². The predicted octanol–water partition coefficient (Wildman–Crippen LogP) is 2.37. The zero-order chi connectivity index (χ0) is 15.5. The summed E-state index contributed by atoms with van der Waals surface area (Å²) in [5, 5.41) is 11.6. The molecule has 0 saturated heterocycles. The predicted molar refractivity (Wildman–Crippen MR) is 76.6 cm³/mol. The number of nitrogens with one attached hydrogen (secondary N) is 1. The Hall–Kier alpha value is -1.95. The van der Waals surface area contributed by atoms with E-state index in [-0.39, 0.29) is 18.1 Å². The first-order valence-electron chi connectivity index (χ1n) is 7.03. The lowest BCUT2D eigenvalue weighted by molar-refractivity contribution is -0.126. The van der Waals surface area contributed by atoms with Gasteiger partial charge in [0, 0.05) is 6.54 Å².